The molecule has 1 saturated carbocycles. The van der Waals surface area contributed by atoms with Crippen LogP contribution in [-0.4, -0.2) is 19.1 Å². The molecule has 0 heterocycles. The van der Waals surface area contributed by atoms with E-state index in [1.54, 1.807) is 24.3 Å². The highest BCUT2D eigenvalue weighted by atomic mass is 79.9. The first-order valence-electron chi connectivity index (χ1n) is 9.67. The maximum absolute atomic E-state index is 13.1. The molecule has 1 aliphatic rings. The van der Waals surface area contributed by atoms with Gasteiger partial charge >= 0.3 is 0 Å². The van der Waals surface area contributed by atoms with Crippen LogP contribution in [0.15, 0.2) is 46.4 Å². The van der Waals surface area contributed by atoms with Gasteiger partial charge in [-0.15, -0.1) is 0 Å². The highest BCUT2D eigenvalue weighted by Gasteiger charge is 2.20. The van der Waals surface area contributed by atoms with E-state index in [1.807, 2.05) is 6.07 Å². The van der Waals surface area contributed by atoms with Gasteiger partial charge in [0.2, 0.25) is 0 Å². The summed E-state index contributed by atoms with van der Waals surface area (Å²) in [6, 6.07) is 11.6. The summed E-state index contributed by atoms with van der Waals surface area (Å²) in [5.41, 5.74) is 1.48. The van der Waals surface area contributed by atoms with Gasteiger partial charge in [0.05, 0.1) is 11.6 Å². The molecule has 0 bridgehead atoms. The third kappa shape index (κ3) is 5.61. The van der Waals surface area contributed by atoms with Crippen molar-refractivity contribution in [2.75, 3.05) is 7.11 Å². The van der Waals surface area contributed by atoms with E-state index in [2.05, 4.69) is 21.2 Å². The lowest BCUT2D eigenvalue weighted by molar-refractivity contribution is -0.117. The first-order chi connectivity index (χ1) is 14.5. The van der Waals surface area contributed by atoms with Crippen LogP contribution in [0, 0.1) is 17.1 Å². The Balaban J connectivity index is 1.77. The Morgan fingerprint density at radius 3 is 2.63 bits per heavy atom. The molecule has 0 atom stereocenters. The molecule has 1 amide bonds. The minimum absolute atomic E-state index is 0.0378. The minimum atomic E-state index is -0.365. The van der Waals surface area contributed by atoms with Gasteiger partial charge in [-0.05, 0) is 70.2 Å². The van der Waals surface area contributed by atoms with Crippen molar-refractivity contribution in [2.24, 2.45) is 0 Å². The quantitative estimate of drug-likeness (QED) is 0.447. The zero-order chi connectivity index (χ0) is 21.5. The number of carbonyl (C=O) groups is 1. The molecule has 5 nitrogen and oxygen atoms in total. The van der Waals surface area contributed by atoms with E-state index in [4.69, 9.17) is 9.47 Å². The molecule has 156 valence electrons. The van der Waals surface area contributed by atoms with Crippen LogP contribution in [0.4, 0.5) is 4.39 Å². The number of carbonyl (C=O) groups excluding carboxylic acids is 1. The lowest BCUT2D eigenvalue weighted by Crippen LogP contribution is -2.33. The average Bonchev–Trinajstić information content (AvgIpc) is 3.25. The Bertz CT molecular complexity index is 977. The van der Waals surface area contributed by atoms with Crippen LogP contribution in [-0.2, 0) is 11.4 Å². The summed E-state index contributed by atoms with van der Waals surface area (Å²) in [6.07, 6.45) is 5.62. The molecule has 0 aliphatic heterocycles. The largest absolute Gasteiger partial charge is 0.493 e. The number of rotatable bonds is 7. The summed E-state index contributed by atoms with van der Waals surface area (Å²) < 4.78 is 24.9. The van der Waals surface area contributed by atoms with Crippen LogP contribution in [0.1, 0.15) is 36.8 Å². The summed E-state index contributed by atoms with van der Waals surface area (Å²) in [6.45, 7) is 0.234. The van der Waals surface area contributed by atoms with Gasteiger partial charge in [0, 0.05) is 6.04 Å². The first-order valence-corrected chi connectivity index (χ1v) is 10.5. The number of nitriles is 1. The number of benzene rings is 2. The lowest BCUT2D eigenvalue weighted by Gasteiger charge is -2.14. The summed E-state index contributed by atoms with van der Waals surface area (Å²) in [5, 5.41) is 12.4. The lowest BCUT2D eigenvalue weighted by atomic mass is 10.1. The number of hydrogen-bond acceptors (Lipinski definition) is 4. The molecule has 1 fully saturated rings. The summed E-state index contributed by atoms with van der Waals surface area (Å²) in [5.74, 6) is 0.258. The van der Waals surface area contributed by atoms with Crippen molar-refractivity contribution < 1.29 is 18.7 Å². The molecule has 0 unspecified atom stereocenters. The number of nitrogens with one attached hydrogen (secondary N) is 1. The van der Waals surface area contributed by atoms with Crippen LogP contribution in [0.5, 0.6) is 11.5 Å². The molecule has 0 aromatic heterocycles. The number of nitrogens with zero attached hydrogens (tertiary/aromatic N) is 1. The van der Waals surface area contributed by atoms with Gasteiger partial charge < -0.3 is 14.8 Å². The van der Waals surface area contributed by atoms with Crippen LogP contribution >= 0.6 is 15.9 Å². The molecule has 0 saturated heterocycles. The van der Waals surface area contributed by atoms with Crippen molar-refractivity contribution in [3.05, 3.63) is 63.4 Å². The van der Waals surface area contributed by atoms with E-state index >= 15 is 0 Å². The third-order valence-electron chi connectivity index (χ3n) is 4.91. The van der Waals surface area contributed by atoms with Crippen LogP contribution < -0.4 is 14.8 Å². The fraction of sp³-hybridized carbons (Fsp3) is 0.304. The number of ether oxygens (including phenoxy) is 2. The van der Waals surface area contributed by atoms with Crippen molar-refractivity contribution >= 4 is 27.9 Å². The molecular weight excluding hydrogens is 451 g/mol. The summed E-state index contributed by atoms with van der Waals surface area (Å²) in [7, 11) is 1.51. The first kappa shape index (κ1) is 21.8. The fourth-order valence-corrected chi connectivity index (χ4v) is 3.92. The fourth-order valence-electron chi connectivity index (χ4n) is 3.35. The van der Waals surface area contributed by atoms with Crippen molar-refractivity contribution in [3.8, 4) is 17.6 Å². The monoisotopic (exact) mass is 472 g/mol. The third-order valence-corrected chi connectivity index (χ3v) is 5.50. The number of hydrogen-bond donors (Lipinski definition) is 1. The SMILES string of the molecule is COc1cc(/C=C(/C#N)C(=O)NC2CCCC2)cc(Br)c1OCc1ccc(F)cc1. The molecule has 30 heavy (non-hydrogen) atoms. The molecule has 0 radical (unpaired) electrons. The number of halogens is 2. The molecule has 1 aliphatic carbocycles. The molecule has 2 aromatic carbocycles. The van der Waals surface area contributed by atoms with E-state index < -0.39 is 0 Å². The molecule has 0 spiro atoms. The molecule has 3 rings (SSSR count). The van der Waals surface area contributed by atoms with Crippen molar-refractivity contribution in [2.45, 2.75) is 38.3 Å². The Morgan fingerprint density at radius 2 is 2.00 bits per heavy atom. The zero-order valence-electron chi connectivity index (χ0n) is 16.6. The highest BCUT2D eigenvalue weighted by molar-refractivity contribution is 9.10. The zero-order valence-corrected chi connectivity index (χ0v) is 18.2. The van der Waals surface area contributed by atoms with E-state index in [9.17, 15) is 14.4 Å². The van der Waals surface area contributed by atoms with E-state index in [-0.39, 0.29) is 29.9 Å². The Kier molecular flexibility index (Phi) is 7.47. The van der Waals surface area contributed by atoms with E-state index in [1.165, 1.54) is 25.3 Å². The molecule has 7 heteroatoms. The van der Waals surface area contributed by atoms with Gasteiger partial charge in [-0.3, -0.25) is 4.79 Å². The van der Waals surface area contributed by atoms with Crippen LogP contribution in [0.2, 0.25) is 0 Å². The smallest absolute Gasteiger partial charge is 0.262 e. The van der Waals surface area contributed by atoms with Crippen LogP contribution in [0.3, 0.4) is 0 Å². The molecular formula is C23H22BrFN2O3. The molecule has 2 aromatic rings. The van der Waals surface area contributed by atoms with E-state index in [0.717, 1.165) is 31.2 Å². The van der Waals surface area contributed by atoms with Crippen molar-refractivity contribution in [3.63, 3.8) is 0 Å². The molecule has 1 N–H and O–H groups in total. The second kappa shape index (κ2) is 10.3. The number of amides is 1. The highest BCUT2D eigenvalue weighted by Crippen LogP contribution is 2.37. The average molecular weight is 473 g/mol. The van der Waals surface area contributed by atoms with Gasteiger partial charge in [0.15, 0.2) is 11.5 Å². The Morgan fingerprint density at radius 1 is 1.30 bits per heavy atom. The standard InChI is InChI=1S/C23H22BrFN2O3/c1-29-21-12-16(10-17(13-26)23(28)27-19-4-2-3-5-19)11-20(24)22(21)30-14-15-6-8-18(25)9-7-15/h6-12,19H,2-5,14H2,1H3,(H,27,28)/b17-10-. The topological polar surface area (TPSA) is 71.3 Å². The predicted molar refractivity (Wildman–Crippen MR) is 115 cm³/mol. The Hall–Kier alpha value is -2.85. The van der Waals surface area contributed by atoms with Crippen molar-refractivity contribution in [1.82, 2.24) is 5.32 Å². The minimum Gasteiger partial charge on any atom is -0.493 e. The summed E-state index contributed by atoms with van der Waals surface area (Å²) in [4.78, 5) is 12.4. The van der Waals surface area contributed by atoms with Crippen molar-refractivity contribution in [1.29, 1.82) is 5.26 Å². The van der Waals surface area contributed by atoms with Gasteiger partial charge in [-0.25, -0.2) is 4.39 Å². The second-order valence-electron chi connectivity index (χ2n) is 7.07. The maximum Gasteiger partial charge on any atom is 0.262 e. The maximum atomic E-state index is 13.1. The van der Waals surface area contributed by atoms with Gasteiger partial charge in [-0.2, -0.15) is 5.26 Å². The normalized spacial score (nSPS) is 14.3. The van der Waals surface area contributed by atoms with E-state index in [0.29, 0.717) is 21.5 Å². The second-order valence-corrected chi connectivity index (χ2v) is 7.93. The van der Waals surface area contributed by atoms with Gasteiger partial charge in [0.25, 0.3) is 5.91 Å². The summed E-state index contributed by atoms with van der Waals surface area (Å²) >= 11 is 3.47. The Labute approximate surface area is 183 Å². The van der Waals surface area contributed by atoms with Gasteiger partial charge in [-0.1, -0.05) is 25.0 Å². The van der Waals surface area contributed by atoms with Crippen LogP contribution in [0.25, 0.3) is 6.08 Å². The van der Waals surface area contributed by atoms with Gasteiger partial charge in [0.1, 0.15) is 24.1 Å². The predicted octanol–water partition coefficient (Wildman–Crippen LogP) is 5.14. The number of methoxy groups -OCH3 is 1.